The van der Waals surface area contributed by atoms with Crippen molar-refractivity contribution in [3.8, 4) is 0 Å². The molecule has 0 atom stereocenters. The van der Waals surface area contributed by atoms with Crippen LogP contribution in [0.5, 0.6) is 0 Å². The lowest BCUT2D eigenvalue weighted by Gasteiger charge is -2.14. The number of nitrogens with zero attached hydrogens (tertiary/aromatic N) is 2. The second-order valence-electron chi connectivity index (χ2n) is 6.58. The maximum Gasteiger partial charge on any atom is 0.248 e. The van der Waals surface area contributed by atoms with Gasteiger partial charge in [-0.25, -0.2) is 12.7 Å². The molecule has 0 unspecified atom stereocenters. The smallest absolute Gasteiger partial charge is 0.248 e. The van der Waals surface area contributed by atoms with Crippen molar-refractivity contribution in [2.45, 2.75) is 11.8 Å². The summed E-state index contributed by atoms with van der Waals surface area (Å²) in [7, 11) is 3.31. The number of amides is 1. The van der Waals surface area contributed by atoms with Crippen molar-refractivity contribution in [3.05, 3.63) is 59.7 Å². The highest BCUT2D eigenvalue weighted by atomic mass is 32.2. The van der Waals surface area contributed by atoms with E-state index >= 15 is 0 Å². The van der Waals surface area contributed by atoms with Crippen LogP contribution in [0.25, 0.3) is 6.08 Å². The average molecular weight is 388 g/mol. The molecule has 7 heteroatoms. The van der Waals surface area contributed by atoms with Crippen LogP contribution in [0.4, 0.5) is 11.4 Å². The third-order valence-corrected chi connectivity index (χ3v) is 6.01. The summed E-state index contributed by atoms with van der Waals surface area (Å²) in [6, 6.07) is 12.6. The molecule has 0 fully saturated rings. The number of hydrogen-bond acceptors (Lipinski definition) is 4. The predicted octanol–water partition coefficient (Wildman–Crippen LogP) is 2.96. The molecular weight excluding hydrogens is 362 g/mol. The van der Waals surface area contributed by atoms with Gasteiger partial charge in [0.2, 0.25) is 15.9 Å². The zero-order valence-corrected chi connectivity index (χ0v) is 17.0. The van der Waals surface area contributed by atoms with Crippen molar-refractivity contribution in [1.29, 1.82) is 0 Å². The van der Waals surface area contributed by atoms with Crippen molar-refractivity contribution in [2.75, 3.05) is 38.4 Å². The SMILES string of the molecule is Cc1ccc(NC(=O)/C=C/c2ccc(N(C)C)cc2)cc1S(=O)(=O)N(C)C. The number of carbonyl (C=O) groups excluding carboxylic acids is 1. The van der Waals surface area contributed by atoms with Gasteiger partial charge in [-0.2, -0.15) is 0 Å². The van der Waals surface area contributed by atoms with Crippen LogP contribution in [0.3, 0.4) is 0 Å². The summed E-state index contributed by atoms with van der Waals surface area (Å²) < 4.78 is 25.9. The Bertz CT molecular complexity index is 947. The molecule has 2 rings (SSSR count). The molecule has 0 aromatic heterocycles. The van der Waals surface area contributed by atoms with Gasteiger partial charge < -0.3 is 10.2 Å². The van der Waals surface area contributed by atoms with Crippen molar-refractivity contribution in [1.82, 2.24) is 4.31 Å². The first-order chi connectivity index (χ1) is 12.6. The largest absolute Gasteiger partial charge is 0.378 e. The minimum Gasteiger partial charge on any atom is -0.378 e. The zero-order valence-electron chi connectivity index (χ0n) is 16.2. The second-order valence-corrected chi connectivity index (χ2v) is 8.70. The number of sulfonamides is 1. The molecule has 2 aromatic carbocycles. The van der Waals surface area contributed by atoms with Crippen LogP contribution in [0.15, 0.2) is 53.4 Å². The van der Waals surface area contributed by atoms with E-state index in [0.717, 1.165) is 15.6 Å². The van der Waals surface area contributed by atoms with Crippen LogP contribution in [0.2, 0.25) is 0 Å². The lowest BCUT2D eigenvalue weighted by Crippen LogP contribution is -2.23. The van der Waals surface area contributed by atoms with Gasteiger partial charge in [0.05, 0.1) is 4.90 Å². The molecule has 0 spiro atoms. The number of aryl methyl sites for hydroxylation is 1. The maximum atomic E-state index is 12.4. The highest BCUT2D eigenvalue weighted by Crippen LogP contribution is 2.22. The standard InChI is InChI=1S/C20H25N3O3S/c1-15-6-10-17(14-19(15)27(25,26)23(4)5)21-20(24)13-9-16-7-11-18(12-8-16)22(2)3/h6-14H,1-5H3,(H,21,24)/b13-9+. The summed E-state index contributed by atoms with van der Waals surface area (Å²) in [6.45, 7) is 1.72. The molecule has 0 aliphatic carbocycles. The Balaban J connectivity index is 2.14. The van der Waals surface area contributed by atoms with Crippen LogP contribution in [0, 0.1) is 6.92 Å². The molecule has 0 aliphatic rings. The van der Waals surface area contributed by atoms with Gasteiger partial charge in [-0.15, -0.1) is 0 Å². The van der Waals surface area contributed by atoms with E-state index in [2.05, 4.69) is 5.32 Å². The van der Waals surface area contributed by atoms with Gasteiger partial charge in [-0.05, 0) is 48.4 Å². The van der Waals surface area contributed by atoms with Gasteiger partial charge in [0.1, 0.15) is 0 Å². The molecule has 0 saturated heterocycles. The third-order valence-electron chi connectivity index (χ3n) is 4.05. The Labute approximate surface area is 161 Å². The Morgan fingerprint density at radius 3 is 2.19 bits per heavy atom. The Morgan fingerprint density at radius 1 is 1.00 bits per heavy atom. The first kappa shape index (κ1) is 20.7. The molecule has 27 heavy (non-hydrogen) atoms. The highest BCUT2D eigenvalue weighted by molar-refractivity contribution is 7.89. The number of rotatable bonds is 6. The molecule has 6 nitrogen and oxygen atoms in total. The quantitative estimate of drug-likeness (QED) is 0.774. The number of hydrogen-bond donors (Lipinski definition) is 1. The molecule has 1 amide bonds. The Kier molecular flexibility index (Phi) is 6.41. The summed E-state index contributed by atoms with van der Waals surface area (Å²) in [6.07, 6.45) is 3.13. The number of anilines is 2. The van der Waals surface area contributed by atoms with Gasteiger partial charge >= 0.3 is 0 Å². The number of benzene rings is 2. The highest BCUT2D eigenvalue weighted by Gasteiger charge is 2.20. The molecular formula is C20H25N3O3S. The van der Waals surface area contributed by atoms with Crippen molar-refractivity contribution in [3.63, 3.8) is 0 Å². The first-order valence-corrected chi connectivity index (χ1v) is 9.85. The van der Waals surface area contributed by atoms with E-state index in [-0.39, 0.29) is 10.8 Å². The first-order valence-electron chi connectivity index (χ1n) is 8.41. The van der Waals surface area contributed by atoms with E-state index in [1.54, 1.807) is 25.1 Å². The fourth-order valence-electron chi connectivity index (χ4n) is 2.39. The molecule has 2 aromatic rings. The van der Waals surface area contributed by atoms with Crippen LogP contribution in [-0.2, 0) is 14.8 Å². The van der Waals surface area contributed by atoms with Gasteiger partial charge in [0.15, 0.2) is 0 Å². The summed E-state index contributed by atoms with van der Waals surface area (Å²) >= 11 is 0. The van der Waals surface area contributed by atoms with Gasteiger partial charge in [0, 0.05) is 45.6 Å². The molecule has 0 saturated carbocycles. The van der Waals surface area contributed by atoms with Crippen LogP contribution >= 0.6 is 0 Å². The topological polar surface area (TPSA) is 69.7 Å². The van der Waals surface area contributed by atoms with Gasteiger partial charge in [-0.3, -0.25) is 4.79 Å². The van der Waals surface area contributed by atoms with Crippen molar-refractivity contribution >= 4 is 33.4 Å². The molecule has 144 valence electrons. The Hall–Kier alpha value is -2.64. The lowest BCUT2D eigenvalue weighted by molar-refractivity contribution is -0.111. The van der Waals surface area contributed by atoms with E-state index in [0.29, 0.717) is 11.3 Å². The van der Waals surface area contributed by atoms with Crippen LogP contribution in [-0.4, -0.2) is 46.8 Å². The molecule has 1 N–H and O–H groups in total. The number of nitrogens with one attached hydrogen (secondary N) is 1. The summed E-state index contributed by atoms with van der Waals surface area (Å²) in [4.78, 5) is 14.3. The van der Waals surface area contributed by atoms with Crippen molar-refractivity contribution in [2.24, 2.45) is 0 Å². The lowest BCUT2D eigenvalue weighted by atomic mass is 10.2. The maximum absolute atomic E-state index is 12.4. The fraction of sp³-hybridized carbons (Fsp3) is 0.250. The fourth-order valence-corrected chi connectivity index (χ4v) is 3.54. The minimum atomic E-state index is -3.57. The predicted molar refractivity (Wildman–Crippen MR) is 110 cm³/mol. The average Bonchev–Trinajstić information content (AvgIpc) is 2.61. The van der Waals surface area contributed by atoms with Crippen LogP contribution in [0.1, 0.15) is 11.1 Å². The third kappa shape index (κ3) is 5.18. The number of carbonyl (C=O) groups is 1. The van der Waals surface area contributed by atoms with E-state index in [1.807, 2.05) is 43.3 Å². The van der Waals surface area contributed by atoms with E-state index < -0.39 is 10.0 Å². The van der Waals surface area contributed by atoms with E-state index in [4.69, 9.17) is 0 Å². The van der Waals surface area contributed by atoms with E-state index in [1.165, 1.54) is 26.2 Å². The summed E-state index contributed by atoms with van der Waals surface area (Å²) in [5, 5.41) is 2.70. The van der Waals surface area contributed by atoms with Gasteiger partial charge in [0.25, 0.3) is 0 Å². The molecule has 0 radical (unpaired) electrons. The monoisotopic (exact) mass is 387 g/mol. The Morgan fingerprint density at radius 2 is 1.63 bits per heavy atom. The van der Waals surface area contributed by atoms with Crippen LogP contribution < -0.4 is 10.2 Å². The molecule has 0 heterocycles. The van der Waals surface area contributed by atoms with Crippen molar-refractivity contribution < 1.29 is 13.2 Å². The summed E-state index contributed by atoms with van der Waals surface area (Å²) in [5.41, 5.74) is 3.03. The van der Waals surface area contributed by atoms with Gasteiger partial charge in [-0.1, -0.05) is 18.2 Å². The zero-order chi connectivity index (χ0) is 20.2. The summed E-state index contributed by atoms with van der Waals surface area (Å²) in [5.74, 6) is -0.330. The van der Waals surface area contributed by atoms with E-state index in [9.17, 15) is 13.2 Å². The minimum absolute atomic E-state index is 0.175. The molecule has 0 aliphatic heterocycles. The molecule has 0 bridgehead atoms. The normalized spacial score (nSPS) is 11.8. The second kappa shape index (κ2) is 8.37.